The molecule has 0 heterocycles. The Kier molecular flexibility index (Phi) is 11.2. The summed E-state index contributed by atoms with van der Waals surface area (Å²) in [6, 6.07) is -0.902. The molecule has 0 aliphatic carbocycles. The fourth-order valence-corrected chi connectivity index (χ4v) is 1.85. The van der Waals surface area contributed by atoms with Crippen molar-refractivity contribution in [3.8, 4) is 0 Å². The topological polar surface area (TPSA) is 111 Å². The summed E-state index contributed by atoms with van der Waals surface area (Å²) in [6.07, 6.45) is 0.192. The Morgan fingerprint density at radius 1 is 0.917 bits per heavy atom. The lowest BCUT2D eigenvalue weighted by atomic mass is 10.0. The predicted octanol–water partition coefficient (Wildman–Crippen LogP) is 0.231. The average molecular weight is 342 g/mol. The minimum Gasteiger partial charge on any atom is -0.466 e. The highest BCUT2D eigenvalue weighted by molar-refractivity contribution is 5.89. The quantitative estimate of drug-likeness (QED) is 0.520. The van der Waals surface area contributed by atoms with Crippen molar-refractivity contribution in [1.82, 2.24) is 10.6 Å². The third kappa shape index (κ3) is 9.12. The van der Waals surface area contributed by atoms with Crippen LogP contribution in [0, 0.1) is 12.8 Å². The summed E-state index contributed by atoms with van der Waals surface area (Å²) in [5.74, 6) is -2.86. The molecule has 2 N–H and O–H groups in total. The number of nitrogens with one attached hydrogen (secondary N) is 2. The van der Waals surface area contributed by atoms with Crippen molar-refractivity contribution < 1.29 is 28.7 Å². The first-order chi connectivity index (χ1) is 11.3. The number of likely N-dealkylation sites (N-methyl/N-ethyl adjacent to an activating group) is 1. The monoisotopic (exact) mass is 342 g/mol. The van der Waals surface area contributed by atoms with Crippen LogP contribution in [0.15, 0.2) is 0 Å². The van der Waals surface area contributed by atoms with Crippen LogP contribution in [-0.4, -0.2) is 50.1 Å². The van der Waals surface area contributed by atoms with Gasteiger partial charge in [0, 0.05) is 25.8 Å². The van der Waals surface area contributed by atoms with Gasteiger partial charge in [0.15, 0.2) is 0 Å². The smallest absolute Gasteiger partial charge is 0.305 e. The molecule has 2 unspecified atom stereocenters. The first-order valence-corrected chi connectivity index (χ1v) is 7.94. The third-order valence-electron chi connectivity index (χ3n) is 3.12. The first-order valence-electron chi connectivity index (χ1n) is 7.94. The lowest BCUT2D eigenvalue weighted by Crippen LogP contribution is -2.47. The molecule has 0 aliphatic heterocycles. The van der Waals surface area contributed by atoms with Crippen LogP contribution in [0.3, 0.4) is 0 Å². The molecule has 0 aromatic carbocycles. The number of hydrogen-bond donors (Lipinski definition) is 2. The minimum absolute atomic E-state index is 0.00965. The Bertz CT molecular complexity index is 438. The molecule has 8 heteroatoms. The minimum atomic E-state index is -0.954. The van der Waals surface area contributed by atoms with Crippen molar-refractivity contribution in [2.45, 2.75) is 45.6 Å². The van der Waals surface area contributed by atoms with Crippen molar-refractivity contribution in [2.75, 3.05) is 20.3 Å². The van der Waals surface area contributed by atoms with Gasteiger partial charge in [-0.15, -0.1) is 0 Å². The maximum absolute atomic E-state index is 12.0. The van der Waals surface area contributed by atoms with E-state index in [1.54, 1.807) is 13.8 Å². The molecule has 2 atom stereocenters. The van der Waals surface area contributed by atoms with Crippen LogP contribution in [0.1, 0.15) is 39.5 Å². The van der Waals surface area contributed by atoms with Gasteiger partial charge in [-0.05, 0) is 33.6 Å². The maximum atomic E-state index is 12.0. The van der Waals surface area contributed by atoms with E-state index in [9.17, 15) is 19.2 Å². The summed E-state index contributed by atoms with van der Waals surface area (Å²) < 4.78 is 9.54. The molecule has 8 nitrogen and oxygen atoms in total. The highest BCUT2D eigenvalue weighted by Gasteiger charge is 2.24. The SMILES string of the molecule is [CH]C(CCC(=O)OCC)C(=O)NC(CCC(=O)OCC)C(=O)NC. The number of carbonyl (C=O) groups excluding carboxylic acids is 4. The molecule has 0 aliphatic rings. The van der Waals surface area contributed by atoms with Crippen LogP contribution in [-0.2, 0) is 28.7 Å². The lowest BCUT2D eigenvalue weighted by molar-refractivity contribution is -0.145. The van der Waals surface area contributed by atoms with Crippen molar-refractivity contribution in [3.05, 3.63) is 6.92 Å². The highest BCUT2D eigenvalue weighted by atomic mass is 16.5. The average Bonchev–Trinajstić information content (AvgIpc) is 2.55. The first kappa shape index (κ1) is 21.9. The van der Waals surface area contributed by atoms with Gasteiger partial charge < -0.3 is 20.1 Å². The summed E-state index contributed by atoms with van der Waals surface area (Å²) in [7, 11) is 1.42. The molecule has 2 radical (unpaired) electrons. The normalized spacial score (nSPS) is 12.7. The Balaban J connectivity index is 4.49. The second-order valence-corrected chi connectivity index (χ2v) is 4.97. The molecular weight excluding hydrogens is 316 g/mol. The van der Waals surface area contributed by atoms with Crippen LogP contribution in [0.2, 0.25) is 0 Å². The van der Waals surface area contributed by atoms with Gasteiger partial charge in [-0.2, -0.15) is 0 Å². The second-order valence-electron chi connectivity index (χ2n) is 4.97. The number of esters is 2. The van der Waals surface area contributed by atoms with E-state index in [1.165, 1.54) is 7.05 Å². The van der Waals surface area contributed by atoms with Gasteiger partial charge in [0.1, 0.15) is 6.04 Å². The van der Waals surface area contributed by atoms with Crippen molar-refractivity contribution >= 4 is 23.8 Å². The lowest BCUT2D eigenvalue weighted by Gasteiger charge is -2.19. The standard InChI is InChI=1S/C16H26N2O6/c1-5-23-13(19)9-7-11(3)15(21)18-12(16(22)17-4)8-10-14(20)24-6-2/h3,11-12H,5-10H2,1-2,4H3,(H,17,22)(H,18,21). The molecule has 0 aromatic rings. The van der Waals surface area contributed by atoms with E-state index in [1.807, 2.05) is 0 Å². The van der Waals surface area contributed by atoms with Crippen LogP contribution in [0.25, 0.3) is 0 Å². The third-order valence-corrected chi connectivity index (χ3v) is 3.12. The Hall–Kier alpha value is -2.12. The predicted molar refractivity (Wildman–Crippen MR) is 85.5 cm³/mol. The van der Waals surface area contributed by atoms with E-state index in [0.717, 1.165) is 0 Å². The van der Waals surface area contributed by atoms with E-state index in [4.69, 9.17) is 16.4 Å². The molecule has 0 fully saturated rings. The van der Waals surface area contributed by atoms with E-state index >= 15 is 0 Å². The second kappa shape index (κ2) is 12.3. The molecule has 0 aromatic heterocycles. The van der Waals surface area contributed by atoms with Gasteiger partial charge in [0.05, 0.1) is 13.2 Å². The molecule has 2 amide bonds. The highest BCUT2D eigenvalue weighted by Crippen LogP contribution is 2.08. The van der Waals surface area contributed by atoms with Crippen LogP contribution < -0.4 is 10.6 Å². The Morgan fingerprint density at radius 3 is 1.88 bits per heavy atom. The number of carbonyl (C=O) groups is 4. The molecule has 0 saturated heterocycles. The van der Waals surface area contributed by atoms with Gasteiger partial charge in [-0.25, -0.2) is 0 Å². The van der Waals surface area contributed by atoms with Crippen molar-refractivity contribution in [2.24, 2.45) is 5.92 Å². The van der Waals surface area contributed by atoms with E-state index < -0.39 is 35.7 Å². The molecule has 0 saturated carbocycles. The zero-order valence-corrected chi connectivity index (χ0v) is 14.4. The van der Waals surface area contributed by atoms with Crippen molar-refractivity contribution in [1.29, 1.82) is 0 Å². The number of ether oxygens (including phenoxy) is 2. The maximum Gasteiger partial charge on any atom is 0.305 e. The summed E-state index contributed by atoms with van der Waals surface area (Å²) in [5, 5.41) is 4.90. The van der Waals surface area contributed by atoms with Gasteiger partial charge in [0.2, 0.25) is 11.8 Å². The van der Waals surface area contributed by atoms with Gasteiger partial charge in [-0.3, -0.25) is 19.2 Å². The van der Waals surface area contributed by atoms with E-state index in [2.05, 4.69) is 10.6 Å². The summed E-state index contributed by atoms with van der Waals surface area (Å²) in [5.41, 5.74) is 0. The van der Waals surface area contributed by atoms with Crippen LogP contribution in [0.5, 0.6) is 0 Å². The fourth-order valence-electron chi connectivity index (χ4n) is 1.85. The van der Waals surface area contributed by atoms with Crippen LogP contribution >= 0.6 is 0 Å². The number of amides is 2. The number of rotatable bonds is 11. The summed E-state index contributed by atoms with van der Waals surface area (Å²) >= 11 is 0. The summed E-state index contributed by atoms with van der Waals surface area (Å²) in [6.45, 7) is 9.58. The van der Waals surface area contributed by atoms with Gasteiger partial charge in [0.25, 0.3) is 0 Å². The molecule has 0 bridgehead atoms. The van der Waals surface area contributed by atoms with E-state index in [-0.39, 0.29) is 38.9 Å². The number of hydrogen-bond acceptors (Lipinski definition) is 6. The summed E-state index contributed by atoms with van der Waals surface area (Å²) in [4.78, 5) is 46.5. The van der Waals surface area contributed by atoms with Gasteiger partial charge in [-0.1, -0.05) is 0 Å². The zero-order valence-electron chi connectivity index (χ0n) is 14.4. The Labute approximate surface area is 142 Å². The molecule has 136 valence electrons. The largest absolute Gasteiger partial charge is 0.466 e. The van der Waals surface area contributed by atoms with Crippen LogP contribution in [0.4, 0.5) is 0 Å². The molecule has 0 rings (SSSR count). The Morgan fingerprint density at radius 2 is 1.42 bits per heavy atom. The fraction of sp³-hybridized carbons (Fsp3) is 0.688. The molecule has 24 heavy (non-hydrogen) atoms. The molecule has 0 spiro atoms. The van der Waals surface area contributed by atoms with Gasteiger partial charge >= 0.3 is 11.9 Å². The van der Waals surface area contributed by atoms with Crippen molar-refractivity contribution in [3.63, 3.8) is 0 Å². The zero-order chi connectivity index (χ0) is 18.5. The van der Waals surface area contributed by atoms with E-state index in [0.29, 0.717) is 0 Å². The molecular formula is C16H26N2O6.